The average Bonchev–Trinajstić information content (AvgIpc) is 3.51. The number of hydrogen-bond acceptors (Lipinski definition) is 4. The summed E-state index contributed by atoms with van der Waals surface area (Å²) in [6.45, 7) is 4.03. The van der Waals surface area contributed by atoms with Crippen LogP contribution in [0.25, 0.3) is 16.4 Å². The summed E-state index contributed by atoms with van der Waals surface area (Å²) in [4.78, 5) is 17.9. The summed E-state index contributed by atoms with van der Waals surface area (Å²) >= 11 is 13.8. The number of nitrogens with one attached hydrogen (secondary N) is 1. The normalized spacial score (nSPS) is 23.3. The lowest BCUT2D eigenvalue weighted by molar-refractivity contribution is 0.0907. The Bertz CT molecular complexity index is 1140. The van der Waals surface area contributed by atoms with Crippen LogP contribution in [0.15, 0.2) is 29.6 Å². The van der Waals surface area contributed by atoms with Gasteiger partial charge in [0.1, 0.15) is 5.69 Å². The topological polar surface area (TPSA) is 59.8 Å². The van der Waals surface area contributed by atoms with Crippen LogP contribution in [-0.2, 0) is 0 Å². The Morgan fingerprint density at radius 3 is 2.81 bits per heavy atom. The van der Waals surface area contributed by atoms with Gasteiger partial charge in [-0.15, -0.1) is 11.3 Å². The van der Waals surface area contributed by atoms with Crippen molar-refractivity contribution in [3.05, 3.63) is 51.1 Å². The number of aromatic nitrogens is 3. The smallest absolute Gasteiger partial charge is 0.270 e. The molecular weight excluding hydrogens is 451 g/mol. The molecule has 0 unspecified atom stereocenters. The quantitative estimate of drug-likeness (QED) is 0.481. The van der Waals surface area contributed by atoms with Crippen LogP contribution in [0, 0.1) is 24.7 Å². The molecule has 4 atom stereocenters. The number of thiazole rings is 1. The number of carbonyl (C=O) groups is 1. The van der Waals surface area contributed by atoms with Crippen molar-refractivity contribution in [1.29, 1.82) is 0 Å². The number of nitrogens with zero attached hydrogens (tertiary/aromatic N) is 3. The summed E-state index contributed by atoms with van der Waals surface area (Å²) in [5.74, 6) is 2.10. The van der Waals surface area contributed by atoms with E-state index in [1.54, 1.807) is 16.8 Å². The number of fused-ring (bicyclic) bond motifs is 2. The minimum absolute atomic E-state index is 0.0999. The van der Waals surface area contributed by atoms with Crippen LogP contribution < -0.4 is 5.32 Å². The van der Waals surface area contributed by atoms with Crippen molar-refractivity contribution in [3.63, 3.8) is 0 Å². The first kappa shape index (κ1) is 21.0. The fourth-order valence-electron chi connectivity index (χ4n) is 5.28. The van der Waals surface area contributed by atoms with Gasteiger partial charge in [-0.2, -0.15) is 5.10 Å². The van der Waals surface area contributed by atoms with E-state index in [9.17, 15) is 4.79 Å². The predicted octanol–water partition coefficient (Wildman–Crippen LogP) is 6.17. The summed E-state index contributed by atoms with van der Waals surface area (Å²) in [5.41, 5.74) is 2.82. The molecule has 1 aromatic carbocycles. The summed E-state index contributed by atoms with van der Waals surface area (Å²) < 4.78 is 1.64. The largest absolute Gasteiger partial charge is 0.348 e. The third kappa shape index (κ3) is 4.01. The van der Waals surface area contributed by atoms with Gasteiger partial charge in [-0.25, -0.2) is 9.67 Å². The highest BCUT2D eigenvalue weighted by Crippen LogP contribution is 2.49. The lowest BCUT2D eigenvalue weighted by Gasteiger charge is -2.28. The molecule has 8 heteroatoms. The van der Waals surface area contributed by atoms with E-state index in [-0.39, 0.29) is 11.9 Å². The zero-order chi connectivity index (χ0) is 21.7. The third-order valence-corrected chi connectivity index (χ3v) is 8.10. The number of rotatable bonds is 5. The van der Waals surface area contributed by atoms with Gasteiger partial charge in [0, 0.05) is 22.0 Å². The van der Waals surface area contributed by atoms with E-state index in [0.29, 0.717) is 26.8 Å². The van der Waals surface area contributed by atoms with Crippen molar-refractivity contribution >= 4 is 40.4 Å². The second-order valence-corrected chi connectivity index (χ2v) is 10.5. The minimum atomic E-state index is -0.0999. The number of amides is 1. The van der Waals surface area contributed by atoms with Crippen LogP contribution in [0.4, 0.5) is 0 Å². The number of aryl methyl sites for hydroxylation is 1. The Labute approximate surface area is 195 Å². The first-order valence-corrected chi connectivity index (χ1v) is 12.3. The van der Waals surface area contributed by atoms with Gasteiger partial charge in [-0.1, -0.05) is 29.6 Å². The monoisotopic (exact) mass is 474 g/mol. The summed E-state index contributed by atoms with van der Waals surface area (Å²) in [6.07, 6.45) is 5.23. The Kier molecular flexibility index (Phi) is 5.57. The first-order chi connectivity index (χ1) is 14.9. The molecule has 2 aliphatic rings. The highest BCUT2D eigenvalue weighted by atomic mass is 35.5. The molecule has 5 nitrogen and oxygen atoms in total. The number of carbonyl (C=O) groups excluding carboxylic acids is 1. The molecule has 2 aromatic heterocycles. The lowest BCUT2D eigenvalue weighted by atomic mass is 9.84. The molecule has 0 spiro atoms. The van der Waals surface area contributed by atoms with Gasteiger partial charge < -0.3 is 5.32 Å². The van der Waals surface area contributed by atoms with Crippen molar-refractivity contribution in [2.75, 3.05) is 0 Å². The van der Waals surface area contributed by atoms with E-state index in [1.165, 1.54) is 37.0 Å². The maximum atomic E-state index is 13.2. The number of hydrogen-bond donors (Lipinski definition) is 1. The highest BCUT2D eigenvalue weighted by molar-refractivity contribution is 7.12. The van der Waals surface area contributed by atoms with Gasteiger partial charge in [-0.05, 0) is 75.1 Å². The van der Waals surface area contributed by atoms with Gasteiger partial charge in [0.25, 0.3) is 5.91 Å². The Morgan fingerprint density at radius 1 is 1.26 bits per heavy atom. The van der Waals surface area contributed by atoms with Crippen LogP contribution in [0.1, 0.15) is 48.8 Å². The van der Waals surface area contributed by atoms with E-state index < -0.39 is 0 Å². The van der Waals surface area contributed by atoms with Gasteiger partial charge in [0.2, 0.25) is 5.13 Å². The fourth-order valence-corrected chi connectivity index (χ4v) is 6.58. The Balaban J connectivity index is 1.38. The molecule has 0 radical (unpaired) electrons. The van der Waals surface area contributed by atoms with Crippen LogP contribution in [0.3, 0.4) is 0 Å². The van der Waals surface area contributed by atoms with E-state index in [1.807, 2.05) is 24.4 Å². The minimum Gasteiger partial charge on any atom is -0.348 e. The molecular formula is C23H24Cl2N4OS. The Hall–Kier alpha value is -1.89. The summed E-state index contributed by atoms with van der Waals surface area (Å²) in [6, 6.07) is 7.31. The molecule has 3 aromatic rings. The molecule has 2 fully saturated rings. The van der Waals surface area contributed by atoms with E-state index in [4.69, 9.17) is 28.2 Å². The Morgan fingerprint density at radius 2 is 2.10 bits per heavy atom. The molecule has 2 heterocycles. The van der Waals surface area contributed by atoms with E-state index in [0.717, 1.165) is 28.8 Å². The van der Waals surface area contributed by atoms with Crippen molar-refractivity contribution in [1.82, 2.24) is 20.1 Å². The van der Waals surface area contributed by atoms with Crippen molar-refractivity contribution in [2.24, 2.45) is 17.8 Å². The van der Waals surface area contributed by atoms with Crippen molar-refractivity contribution < 1.29 is 4.79 Å². The van der Waals surface area contributed by atoms with E-state index in [2.05, 4.69) is 17.3 Å². The maximum absolute atomic E-state index is 13.2. The number of halogens is 2. The molecule has 2 aliphatic carbocycles. The molecule has 1 N–H and O–H groups in total. The first-order valence-electron chi connectivity index (χ1n) is 10.7. The van der Waals surface area contributed by atoms with Gasteiger partial charge in [0.05, 0.1) is 16.4 Å². The second kappa shape index (κ2) is 8.23. The zero-order valence-corrected chi connectivity index (χ0v) is 19.8. The molecule has 2 bridgehead atoms. The molecule has 1 amide bonds. The molecule has 0 aliphatic heterocycles. The van der Waals surface area contributed by atoms with Crippen LogP contribution in [0.2, 0.25) is 10.0 Å². The molecule has 0 saturated heterocycles. The summed E-state index contributed by atoms with van der Waals surface area (Å²) in [5, 5.41) is 11.4. The fraction of sp³-hybridized carbons (Fsp3) is 0.435. The second-order valence-electron chi connectivity index (χ2n) is 8.82. The summed E-state index contributed by atoms with van der Waals surface area (Å²) in [7, 11) is 0. The van der Waals surface area contributed by atoms with Crippen LogP contribution >= 0.6 is 34.5 Å². The average molecular weight is 475 g/mol. The molecule has 5 rings (SSSR count). The van der Waals surface area contributed by atoms with Gasteiger partial charge >= 0.3 is 0 Å². The van der Waals surface area contributed by atoms with E-state index >= 15 is 0 Å². The lowest BCUT2D eigenvalue weighted by Crippen LogP contribution is -2.40. The zero-order valence-electron chi connectivity index (χ0n) is 17.4. The number of benzene rings is 1. The van der Waals surface area contributed by atoms with Gasteiger partial charge in [0.15, 0.2) is 0 Å². The molecule has 2 saturated carbocycles. The SMILES string of the molecule is Cc1cc(C(=O)N[C@@H](C)[C@H]2C[C@@H]3CC[C@@H]2C3)n(-c2nc(-c3ccc(Cl)cc3Cl)cs2)n1. The van der Waals surface area contributed by atoms with Gasteiger partial charge in [-0.3, -0.25) is 4.79 Å². The standard InChI is InChI=1S/C23H24Cl2N4OS/c1-12-7-21(22(30)26-13(2)18-9-14-3-4-15(18)8-14)29(28-12)23-27-20(11-31-23)17-6-5-16(24)10-19(17)25/h5-7,10-11,13-15,18H,3-4,8-9H2,1-2H3,(H,26,30)/t13-,14+,15+,18+/m0/s1. The van der Waals surface area contributed by atoms with Crippen LogP contribution in [0.5, 0.6) is 0 Å². The highest BCUT2D eigenvalue weighted by Gasteiger charge is 2.42. The van der Waals surface area contributed by atoms with Crippen LogP contribution in [-0.4, -0.2) is 26.7 Å². The van der Waals surface area contributed by atoms with Crippen molar-refractivity contribution in [2.45, 2.75) is 45.6 Å². The molecule has 162 valence electrons. The maximum Gasteiger partial charge on any atom is 0.270 e. The predicted molar refractivity (Wildman–Crippen MR) is 125 cm³/mol. The van der Waals surface area contributed by atoms with Crippen molar-refractivity contribution in [3.8, 4) is 16.4 Å². The third-order valence-electron chi connectivity index (χ3n) is 6.74. The molecule has 31 heavy (non-hydrogen) atoms.